The molecule has 0 aromatic heterocycles. The van der Waals surface area contributed by atoms with Gasteiger partial charge in [0.2, 0.25) is 0 Å². The second-order valence-corrected chi connectivity index (χ2v) is 3.63. The molecule has 1 rings (SSSR count). The molecular formula is C10H19FOS. The van der Waals surface area contributed by atoms with Gasteiger partial charge in [-0.25, -0.2) is 0 Å². The summed E-state index contributed by atoms with van der Waals surface area (Å²) < 4.78 is 10.8. The average molecular weight is 206 g/mol. The number of hydrogen-bond acceptors (Lipinski definition) is 2. The molecule has 1 aliphatic rings. The number of halogens is 1. The summed E-state index contributed by atoms with van der Waals surface area (Å²) in [4.78, 5) is 0. The minimum atomic E-state index is -0.0683. The fraction of sp³-hybridized carbons (Fsp3) is 0.800. The van der Waals surface area contributed by atoms with E-state index in [4.69, 9.17) is 5.11 Å². The summed E-state index contributed by atoms with van der Waals surface area (Å²) in [6.07, 6.45) is 13.0. The zero-order valence-electron chi connectivity index (χ0n) is 8.04. The van der Waals surface area contributed by atoms with Gasteiger partial charge in [0.25, 0.3) is 0 Å². The van der Waals surface area contributed by atoms with E-state index in [1.165, 1.54) is 38.5 Å². The van der Waals surface area contributed by atoms with E-state index in [1.807, 2.05) is 0 Å². The van der Waals surface area contributed by atoms with Gasteiger partial charge in [-0.2, -0.15) is 3.89 Å². The maximum Gasteiger partial charge on any atom is 0.0547 e. The molecule has 0 saturated carbocycles. The summed E-state index contributed by atoms with van der Waals surface area (Å²) in [6, 6.07) is 0. The van der Waals surface area contributed by atoms with Crippen LogP contribution in [0.5, 0.6) is 0 Å². The standard InChI is InChI=1S/C8H14.C2H5FOS/c1-2-4-6-8-7-5-3-1;3-5-2-1-4/h1-2H,3-8H2;4H,1-2H2/b2-1+;. The summed E-state index contributed by atoms with van der Waals surface area (Å²) >= 11 is 0.152. The molecule has 13 heavy (non-hydrogen) atoms. The zero-order valence-corrected chi connectivity index (χ0v) is 8.86. The van der Waals surface area contributed by atoms with Crippen molar-refractivity contribution in [2.75, 3.05) is 12.4 Å². The Hall–Kier alpha value is -0.0200. The summed E-state index contributed by atoms with van der Waals surface area (Å²) in [7, 11) is 0. The molecule has 1 aliphatic carbocycles. The smallest absolute Gasteiger partial charge is 0.0547 e. The number of allylic oxidation sites excluding steroid dienone is 2. The van der Waals surface area contributed by atoms with Crippen LogP contribution in [0.15, 0.2) is 12.2 Å². The molecule has 0 amide bonds. The highest BCUT2D eigenvalue weighted by Gasteiger charge is 1.89. The van der Waals surface area contributed by atoms with Crippen LogP contribution in [0.4, 0.5) is 3.89 Å². The molecule has 0 atom stereocenters. The van der Waals surface area contributed by atoms with Crippen molar-refractivity contribution in [2.45, 2.75) is 38.5 Å². The molecule has 0 radical (unpaired) electrons. The number of hydrogen-bond donors (Lipinski definition) is 1. The molecule has 0 heterocycles. The van der Waals surface area contributed by atoms with Crippen LogP contribution in [0, 0.1) is 0 Å². The maximum atomic E-state index is 10.8. The first-order valence-electron chi connectivity index (χ1n) is 4.91. The van der Waals surface area contributed by atoms with Gasteiger partial charge in [0.1, 0.15) is 0 Å². The van der Waals surface area contributed by atoms with Gasteiger partial charge in [0, 0.05) is 17.9 Å². The van der Waals surface area contributed by atoms with Crippen LogP contribution >= 0.6 is 12.1 Å². The van der Waals surface area contributed by atoms with Gasteiger partial charge < -0.3 is 5.11 Å². The quantitative estimate of drug-likeness (QED) is 0.698. The van der Waals surface area contributed by atoms with Gasteiger partial charge in [0.15, 0.2) is 0 Å². The summed E-state index contributed by atoms with van der Waals surface area (Å²) in [5.41, 5.74) is 0. The van der Waals surface area contributed by atoms with Crippen LogP contribution in [0.1, 0.15) is 38.5 Å². The van der Waals surface area contributed by atoms with Crippen LogP contribution in [0.2, 0.25) is 0 Å². The van der Waals surface area contributed by atoms with Crippen LogP contribution in [-0.2, 0) is 0 Å². The van der Waals surface area contributed by atoms with Crippen molar-refractivity contribution in [1.29, 1.82) is 0 Å². The topological polar surface area (TPSA) is 20.2 Å². The molecule has 0 unspecified atom stereocenters. The highest BCUT2D eigenvalue weighted by molar-refractivity contribution is 7.94. The summed E-state index contributed by atoms with van der Waals surface area (Å²) in [5, 5.41) is 7.81. The van der Waals surface area contributed by atoms with Crippen LogP contribution in [0.3, 0.4) is 0 Å². The molecule has 78 valence electrons. The average Bonchev–Trinajstić information content (AvgIpc) is 2.05. The third kappa shape index (κ3) is 12.0. The molecule has 1 N–H and O–H groups in total. The second kappa shape index (κ2) is 12.0. The molecule has 0 aromatic rings. The number of aliphatic hydroxyl groups excluding tert-OH is 1. The predicted octanol–water partition coefficient (Wildman–Crippen LogP) is 3.49. The summed E-state index contributed by atoms with van der Waals surface area (Å²) in [5.74, 6) is 0.194. The third-order valence-electron chi connectivity index (χ3n) is 1.83. The van der Waals surface area contributed by atoms with Crippen LogP contribution in [-0.4, -0.2) is 17.5 Å². The van der Waals surface area contributed by atoms with Gasteiger partial charge in [-0.1, -0.05) is 25.0 Å². The van der Waals surface area contributed by atoms with Crippen molar-refractivity contribution in [3.8, 4) is 0 Å². The Morgan fingerprint density at radius 2 is 1.62 bits per heavy atom. The van der Waals surface area contributed by atoms with E-state index < -0.39 is 0 Å². The predicted molar refractivity (Wildman–Crippen MR) is 57.5 cm³/mol. The van der Waals surface area contributed by atoms with E-state index in [9.17, 15) is 3.89 Å². The Kier molecular flexibility index (Phi) is 12.0. The van der Waals surface area contributed by atoms with Gasteiger partial charge in [-0.15, -0.1) is 0 Å². The molecule has 1 nitrogen and oxygen atoms in total. The van der Waals surface area contributed by atoms with Crippen molar-refractivity contribution in [2.24, 2.45) is 0 Å². The lowest BCUT2D eigenvalue weighted by atomic mass is 10.1. The molecule has 0 bridgehead atoms. The Morgan fingerprint density at radius 1 is 1.08 bits per heavy atom. The van der Waals surface area contributed by atoms with Gasteiger partial charge >= 0.3 is 0 Å². The lowest BCUT2D eigenvalue weighted by Gasteiger charge is -2.00. The molecule has 0 aromatic carbocycles. The lowest BCUT2D eigenvalue weighted by molar-refractivity contribution is 0.322. The molecular weight excluding hydrogens is 187 g/mol. The molecule has 0 fully saturated rings. The zero-order chi connectivity index (χ0) is 9.78. The maximum absolute atomic E-state index is 10.8. The minimum absolute atomic E-state index is 0.0683. The Labute approximate surface area is 84.7 Å². The highest BCUT2D eigenvalue weighted by atomic mass is 32.2. The van der Waals surface area contributed by atoms with Crippen molar-refractivity contribution >= 4 is 12.1 Å². The Bertz CT molecular complexity index is 105. The van der Waals surface area contributed by atoms with Gasteiger partial charge in [-0.3, -0.25) is 0 Å². The monoisotopic (exact) mass is 206 g/mol. The van der Waals surface area contributed by atoms with Crippen molar-refractivity contribution in [3.63, 3.8) is 0 Å². The van der Waals surface area contributed by atoms with E-state index in [0.717, 1.165) is 0 Å². The van der Waals surface area contributed by atoms with E-state index >= 15 is 0 Å². The number of aliphatic hydroxyl groups is 1. The van der Waals surface area contributed by atoms with Crippen LogP contribution < -0.4 is 0 Å². The molecule has 0 saturated heterocycles. The SMILES string of the molecule is C1=C/CCCCCC/1.OCCSF. The van der Waals surface area contributed by atoms with E-state index in [1.54, 1.807) is 0 Å². The fourth-order valence-corrected chi connectivity index (χ4v) is 1.22. The first-order valence-corrected chi connectivity index (χ1v) is 5.79. The van der Waals surface area contributed by atoms with Crippen LogP contribution in [0.25, 0.3) is 0 Å². The highest BCUT2D eigenvalue weighted by Crippen LogP contribution is 2.09. The Morgan fingerprint density at radius 3 is 1.92 bits per heavy atom. The van der Waals surface area contributed by atoms with E-state index in [-0.39, 0.29) is 24.5 Å². The fourth-order valence-electron chi connectivity index (χ4n) is 1.15. The van der Waals surface area contributed by atoms with Crippen molar-refractivity contribution in [1.82, 2.24) is 0 Å². The lowest BCUT2D eigenvalue weighted by Crippen LogP contribution is -1.80. The van der Waals surface area contributed by atoms with E-state index in [0.29, 0.717) is 0 Å². The largest absolute Gasteiger partial charge is 0.395 e. The molecule has 0 spiro atoms. The Balaban J connectivity index is 0.000000252. The normalized spacial score (nSPS) is 19.2. The van der Waals surface area contributed by atoms with Gasteiger partial charge in [-0.05, 0) is 25.7 Å². The third-order valence-corrected chi connectivity index (χ3v) is 2.16. The van der Waals surface area contributed by atoms with E-state index in [2.05, 4.69) is 12.2 Å². The number of rotatable bonds is 2. The van der Waals surface area contributed by atoms with Crippen molar-refractivity contribution < 1.29 is 8.99 Å². The second-order valence-electron chi connectivity index (χ2n) is 3.00. The first-order chi connectivity index (χ1) is 6.41. The minimum Gasteiger partial charge on any atom is -0.395 e. The molecule has 3 heteroatoms. The first kappa shape index (κ1) is 13.0. The van der Waals surface area contributed by atoms with Crippen molar-refractivity contribution in [3.05, 3.63) is 12.2 Å². The van der Waals surface area contributed by atoms with Gasteiger partial charge in [0.05, 0.1) is 6.61 Å². The molecule has 0 aliphatic heterocycles. The summed E-state index contributed by atoms with van der Waals surface area (Å²) in [6.45, 7) is -0.0683.